The number of aliphatic imine (C=N–C) groups is 1. The SMILES string of the molecule is CN=C(NCCc1ccc(F)cc1C)NCC1CCN(Cc2nc(C)c(C)o2)CC1.I. The molecule has 1 fully saturated rings. The predicted octanol–water partition coefficient (Wildman–Crippen LogP) is 3.98. The Morgan fingerprint density at radius 1 is 1.23 bits per heavy atom. The van der Waals surface area contributed by atoms with Crippen molar-refractivity contribution >= 4 is 29.9 Å². The Labute approximate surface area is 202 Å². The van der Waals surface area contributed by atoms with Crippen molar-refractivity contribution in [3.8, 4) is 0 Å². The van der Waals surface area contributed by atoms with Crippen LogP contribution in [0.1, 0.15) is 41.3 Å². The number of benzene rings is 1. The van der Waals surface area contributed by atoms with E-state index in [1.165, 1.54) is 6.07 Å². The zero-order valence-electron chi connectivity index (χ0n) is 19.0. The van der Waals surface area contributed by atoms with Crippen LogP contribution in [-0.2, 0) is 13.0 Å². The molecule has 0 atom stereocenters. The molecule has 0 radical (unpaired) electrons. The zero-order valence-corrected chi connectivity index (χ0v) is 21.3. The molecule has 2 heterocycles. The number of rotatable bonds is 7. The monoisotopic (exact) mass is 543 g/mol. The van der Waals surface area contributed by atoms with Gasteiger partial charge in [-0.15, -0.1) is 24.0 Å². The maximum absolute atomic E-state index is 13.2. The molecule has 1 aliphatic heterocycles. The largest absolute Gasteiger partial charge is 0.444 e. The third kappa shape index (κ3) is 7.75. The summed E-state index contributed by atoms with van der Waals surface area (Å²) in [6, 6.07) is 4.96. The van der Waals surface area contributed by atoms with Gasteiger partial charge in [-0.25, -0.2) is 9.37 Å². The minimum absolute atomic E-state index is 0. The van der Waals surface area contributed by atoms with Crippen LogP contribution < -0.4 is 10.6 Å². The van der Waals surface area contributed by atoms with Crippen LogP contribution in [0.2, 0.25) is 0 Å². The van der Waals surface area contributed by atoms with Crippen molar-refractivity contribution in [1.82, 2.24) is 20.5 Å². The van der Waals surface area contributed by atoms with E-state index in [-0.39, 0.29) is 29.8 Å². The third-order valence-corrected chi connectivity index (χ3v) is 5.91. The molecule has 3 rings (SSSR count). The van der Waals surface area contributed by atoms with Crippen LogP contribution in [0.3, 0.4) is 0 Å². The fourth-order valence-corrected chi connectivity index (χ4v) is 3.86. The number of oxazole rings is 1. The average molecular weight is 543 g/mol. The van der Waals surface area contributed by atoms with Crippen LogP contribution in [0.15, 0.2) is 27.6 Å². The molecule has 1 saturated heterocycles. The molecule has 0 spiro atoms. The Morgan fingerprint density at radius 3 is 2.58 bits per heavy atom. The van der Waals surface area contributed by atoms with E-state index in [0.29, 0.717) is 5.92 Å². The minimum Gasteiger partial charge on any atom is -0.444 e. The van der Waals surface area contributed by atoms with Crippen LogP contribution >= 0.6 is 24.0 Å². The van der Waals surface area contributed by atoms with Gasteiger partial charge in [-0.2, -0.15) is 0 Å². The van der Waals surface area contributed by atoms with Crippen molar-refractivity contribution in [2.75, 3.05) is 33.2 Å². The van der Waals surface area contributed by atoms with Gasteiger partial charge in [0.25, 0.3) is 0 Å². The number of nitrogens with zero attached hydrogens (tertiary/aromatic N) is 3. The normalized spacial score (nSPS) is 15.6. The second-order valence-corrected chi connectivity index (χ2v) is 8.17. The highest BCUT2D eigenvalue weighted by Gasteiger charge is 2.21. The second kappa shape index (κ2) is 12.4. The van der Waals surface area contributed by atoms with Gasteiger partial charge in [-0.1, -0.05) is 6.07 Å². The molecule has 31 heavy (non-hydrogen) atoms. The summed E-state index contributed by atoms with van der Waals surface area (Å²) in [5.41, 5.74) is 3.13. The molecule has 1 aliphatic rings. The lowest BCUT2D eigenvalue weighted by Crippen LogP contribution is -2.43. The van der Waals surface area contributed by atoms with Gasteiger partial charge in [-0.3, -0.25) is 9.89 Å². The lowest BCUT2D eigenvalue weighted by Gasteiger charge is -2.31. The summed E-state index contributed by atoms with van der Waals surface area (Å²) < 4.78 is 18.9. The van der Waals surface area contributed by atoms with Gasteiger partial charge in [0.1, 0.15) is 11.6 Å². The Kier molecular flexibility index (Phi) is 10.2. The standard InChI is InChI=1S/C23H34FN5O.HI/c1-16-13-21(24)6-5-20(16)7-10-26-23(25-4)27-14-19-8-11-29(12-9-19)15-22-28-17(2)18(3)30-22;/h5-6,13,19H,7-12,14-15H2,1-4H3,(H2,25,26,27);1H. The fourth-order valence-electron chi connectivity index (χ4n) is 3.86. The van der Waals surface area contributed by atoms with Gasteiger partial charge in [0.15, 0.2) is 5.96 Å². The molecule has 0 aliphatic carbocycles. The number of hydrogen-bond acceptors (Lipinski definition) is 4. The smallest absolute Gasteiger partial charge is 0.208 e. The zero-order chi connectivity index (χ0) is 21.5. The van der Waals surface area contributed by atoms with Gasteiger partial charge < -0.3 is 15.1 Å². The van der Waals surface area contributed by atoms with Crippen molar-refractivity contribution < 1.29 is 8.81 Å². The molecule has 172 valence electrons. The minimum atomic E-state index is -0.182. The van der Waals surface area contributed by atoms with Crippen molar-refractivity contribution in [3.05, 3.63) is 52.5 Å². The lowest BCUT2D eigenvalue weighted by molar-refractivity contribution is 0.164. The van der Waals surface area contributed by atoms with Gasteiger partial charge in [0, 0.05) is 20.1 Å². The molecule has 8 heteroatoms. The van der Waals surface area contributed by atoms with E-state index in [1.807, 2.05) is 26.8 Å². The lowest BCUT2D eigenvalue weighted by atomic mass is 9.97. The van der Waals surface area contributed by atoms with Crippen molar-refractivity contribution in [2.45, 2.75) is 46.6 Å². The molecular weight excluding hydrogens is 508 g/mol. The van der Waals surface area contributed by atoms with Gasteiger partial charge in [-0.05, 0) is 82.3 Å². The maximum atomic E-state index is 13.2. The first-order chi connectivity index (χ1) is 14.4. The maximum Gasteiger partial charge on any atom is 0.208 e. The number of nitrogens with one attached hydrogen (secondary N) is 2. The number of aromatic nitrogens is 1. The van der Waals surface area contributed by atoms with Gasteiger partial charge >= 0.3 is 0 Å². The molecule has 0 bridgehead atoms. The van der Waals surface area contributed by atoms with E-state index in [4.69, 9.17) is 4.42 Å². The van der Waals surface area contributed by atoms with Crippen LogP contribution in [0.5, 0.6) is 0 Å². The number of halogens is 2. The average Bonchev–Trinajstić information content (AvgIpc) is 3.04. The quantitative estimate of drug-likeness (QED) is 0.315. The Balaban J connectivity index is 0.00000341. The van der Waals surface area contributed by atoms with Gasteiger partial charge in [0.2, 0.25) is 5.89 Å². The van der Waals surface area contributed by atoms with Crippen molar-refractivity contribution in [2.24, 2.45) is 10.9 Å². The molecule has 2 N–H and O–H groups in total. The van der Waals surface area contributed by atoms with Gasteiger partial charge in [0.05, 0.1) is 12.2 Å². The van der Waals surface area contributed by atoms with Crippen molar-refractivity contribution in [3.63, 3.8) is 0 Å². The Morgan fingerprint density at radius 2 is 1.97 bits per heavy atom. The molecule has 0 amide bonds. The summed E-state index contributed by atoms with van der Waals surface area (Å²) in [5, 5.41) is 6.82. The first kappa shape index (κ1) is 25.6. The number of likely N-dealkylation sites (tertiary alicyclic amines) is 1. The van der Waals surface area contributed by atoms with Crippen LogP contribution in [-0.4, -0.2) is 49.1 Å². The molecule has 0 unspecified atom stereocenters. The number of piperidine rings is 1. The van der Waals surface area contributed by atoms with E-state index in [1.54, 1.807) is 13.1 Å². The molecule has 1 aromatic carbocycles. The molecule has 2 aromatic rings. The van der Waals surface area contributed by atoms with E-state index in [9.17, 15) is 4.39 Å². The van der Waals surface area contributed by atoms with Crippen LogP contribution in [0, 0.1) is 32.5 Å². The second-order valence-electron chi connectivity index (χ2n) is 8.17. The number of guanidine groups is 1. The van der Waals surface area contributed by atoms with E-state index in [0.717, 1.165) is 86.4 Å². The summed E-state index contributed by atoms with van der Waals surface area (Å²) >= 11 is 0. The molecule has 6 nitrogen and oxygen atoms in total. The Bertz CT molecular complexity index is 842. The summed E-state index contributed by atoms with van der Waals surface area (Å²) in [4.78, 5) is 11.2. The highest BCUT2D eigenvalue weighted by Crippen LogP contribution is 2.19. The predicted molar refractivity (Wildman–Crippen MR) is 134 cm³/mol. The Hall–Kier alpha value is -1.68. The topological polar surface area (TPSA) is 65.7 Å². The third-order valence-electron chi connectivity index (χ3n) is 5.91. The number of hydrogen-bond donors (Lipinski definition) is 2. The first-order valence-corrected chi connectivity index (χ1v) is 10.8. The summed E-state index contributed by atoms with van der Waals surface area (Å²) in [7, 11) is 1.79. The summed E-state index contributed by atoms with van der Waals surface area (Å²) in [6.45, 7) is 10.5. The highest BCUT2D eigenvalue weighted by molar-refractivity contribution is 14.0. The van der Waals surface area contributed by atoms with E-state index < -0.39 is 0 Å². The molecule has 1 aromatic heterocycles. The highest BCUT2D eigenvalue weighted by atomic mass is 127. The van der Waals surface area contributed by atoms with Crippen LogP contribution in [0.25, 0.3) is 0 Å². The molecular formula is C23H35FIN5O. The van der Waals surface area contributed by atoms with Crippen LogP contribution in [0.4, 0.5) is 4.39 Å². The number of aryl methyl sites for hydroxylation is 3. The first-order valence-electron chi connectivity index (χ1n) is 10.8. The van der Waals surface area contributed by atoms with Crippen molar-refractivity contribution in [1.29, 1.82) is 0 Å². The van der Waals surface area contributed by atoms with E-state index in [2.05, 4.69) is 25.5 Å². The van der Waals surface area contributed by atoms with E-state index >= 15 is 0 Å². The fraction of sp³-hybridized carbons (Fsp3) is 0.565. The summed E-state index contributed by atoms with van der Waals surface area (Å²) in [6.07, 6.45) is 3.14. The molecule has 0 saturated carbocycles. The summed E-state index contributed by atoms with van der Waals surface area (Å²) in [5.74, 6) is 3.01.